The average molecular weight is 218 g/mol. The molecule has 86 valence electrons. The number of benzene rings is 1. The van der Waals surface area contributed by atoms with Crippen molar-refractivity contribution in [3.8, 4) is 5.75 Å². The molecule has 2 nitrogen and oxygen atoms in total. The summed E-state index contributed by atoms with van der Waals surface area (Å²) in [6.07, 6.45) is 4.21. The minimum absolute atomic E-state index is 0.176. The molecule has 0 N–H and O–H groups in total. The summed E-state index contributed by atoms with van der Waals surface area (Å²) < 4.78 is 5.22. The molecular weight excluding hydrogens is 200 g/mol. The average Bonchev–Trinajstić information content (AvgIpc) is 2.74. The van der Waals surface area contributed by atoms with Crippen molar-refractivity contribution in [1.29, 1.82) is 0 Å². The second-order valence-corrected chi connectivity index (χ2v) is 4.42. The van der Waals surface area contributed by atoms with Crippen LogP contribution in [-0.2, 0) is 11.2 Å². The number of aryl methyl sites for hydroxylation is 1. The minimum atomic E-state index is 0.176. The number of fused-ring (bicyclic) bond motifs is 1. The van der Waals surface area contributed by atoms with Crippen LogP contribution in [-0.4, -0.2) is 13.4 Å². The van der Waals surface area contributed by atoms with Crippen LogP contribution in [0.2, 0.25) is 0 Å². The lowest BCUT2D eigenvalue weighted by Gasteiger charge is -2.17. The Kier molecular flexibility index (Phi) is 3.28. The fourth-order valence-electron chi connectivity index (χ4n) is 2.67. The van der Waals surface area contributed by atoms with Crippen LogP contribution >= 0.6 is 0 Å². The van der Waals surface area contributed by atoms with Gasteiger partial charge in [-0.05, 0) is 48.4 Å². The Morgan fingerprint density at radius 2 is 2.38 bits per heavy atom. The second-order valence-electron chi connectivity index (χ2n) is 4.42. The van der Waals surface area contributed by atoms with E-state index in [4.69, 9.17) is 4.74 Å². The molecule has 0 amide bonds. The number of carbonyl (C=O) groups excluding carboxylic acids is 1. The van der Waals surface area contributed by atoms with Gasteiger partial charge in [-0.1, -0.05) is 13.0 Å². The first-order valence-corrected chi connectivity index (χ1v) is 5.92. The highest BCUT2D eigenvalue weighted by atomic mass is 16.5. The van der Waals surface area contributed by atoms with Crippen molar-refractivity contribution in [3.05, 3.63) is 29.3 Å². The highest BCUT2D eigenvalue weighted by Gasteiger charge is 2.28. The van der Waals surface area contributed by atoms with Gasteiger partial charge < -0.3 is 9.53 Å². The zero-order valence-corrected chi connectivity index (χ0v) is 9.90. The van der Waals surface area contributed by atoms with Crippen molar-refractivity contribution >= 4 is 6.29 Å². The Labute approximate surface area is 96.6 Å². The Hall–Kier alpha value is -1.31. The summed E-state index contributed by atoms with van der Waals surface area (Å²) >= 11 is 0. The molecule has 0 bridgehead atoms. The van der Waals surface area contributed by atoms with Crippen LogP contribution in [0.4, 0.5) is 0 Å². The third-order valence-corrected chi connectivity index (χ3v) is 3.64. The summed E-state index contributed by atoms with van der Waals surface area (Å²) in [5, 5.41) is 0. The SMILES string of the molecule is CC[C@@H](C=O)[C@H]1CCc2cc(OC)ccc21. The van der Waals surface area contributed by atoms with E-state index in [9.17, 15) is 4.79 Å². The topological polar surface area (TPSA) is 26.3 Å². The first-order chi connectivity index (χ1) is 7.80. The number of ether oxygens (including phenoxy) is 1. The van der Waals surface area contributed by atoms with Gasteiger partial charge in [0.15, 0.2) is 0 Å². The van der Waals surface area contributed by atoms with Crippen LogP contribution in [0.3, 0.4) is 0 Å². The summed E-state index contributed by atoms with van der Waals surface area (Å²) in [6.45, 7) is 2.08. The number of carbonyl (C=O) groups is 1. The molecule has 1 aliphatic carbocycles. The van der Waals surface area contributed by atoms with E-state index >= 15 is 0 Å². The third kappa shape index (κ3) is 1.84. The third-order valence-electron chi connectivity index (χ3n) is 3.64. The fourth-order valence-corrected chi connectivity index (χ4v) is 2.67. The Morgan fingerprint density at radius 3 is 3.00 bits per heavy atom. The number of aldehydes is 1. The van der Waals surface area contributed by atoms with Gasteiger partial charge in [-0.2, -0.15) is 0 Å². The highest BCUT2D eigenvalue weighted by Crippen LogP contribution is 2.40. The molecule has 0 heterocycles. The van der Waals surface area contributed by atoms with Crippen LogP contribution < -0.4 is 4.74 Å². The normalized spacial score (nSPS) is 20.2. The molecule has 1 aliphatic rings. The summed E-state index contributed by atoms with van der Waals surface area (Å²) in [7, 11) is 1.69. The second kappa shape index (κ2) is 4.69. The fraction of sp³-hybridized carbons (Fsp3) is 0.500. The first kappa shape index (κ1) is 11.2. The summed E-state index contributed by atoms with van der Waals surface area (Å²) in [4.78, 5) is 11.0. The van der Waals surface area contributed by atoms with E-state index in [1.807, 2.05) is 6.07 Å². The van der Waals surface area contributed by atoms with Crippen molar-refractivity contribution in [1.82, 2.24) is 0 Å². The molecule has 0 saturated heterocycles. The predicted molar refractivity (Wildman–Crippen MR) is 63.9 cm³/mol. The van der Waals surface area contributed by atoms with Crippen LogP contribution in [0.25, 0.3) is 0 Å². The van der Waals surface area contributed by atoms with Gasteiger partial charge >= 0.3 is 0 Å². The molecule has 0 spiro atoms. The molecule has 2 heteroatoms. The van der Waals surface area contributed by atoms with Crippen molar-refractivity contribution in [3.63, 3.8) is 0 Å². The molecule has 1 aromatic rings. The van der Waals surface area contributed by atoms with E-state index in [0.29, 0.717) is 5.92 Å². The molecule has 0 radical (unpaired) electrons. The Balaban J connectivity index is 2.29. The molecular formula is C14H18O2. The van der Waals surface area contributed by atoms with Gasteiger partial charge in [0.25, 0.3) is 0 Å². The largest absolute Gasteiger partial charge is 0.497 e. The number of methoxy groups -OCH3 is 1. The van der Waals surface area contributed by atoms with E-state index in [2.05, 4.69) is 19.1 Å². The van der Waals surface area contributed by atoms with Gasteiger partial charge in [0.1, 0.15) is 12.0 Å². The quantitative estimate of drug-likeness (QED) is 0.726. The number of rotatable bonds is 4. The Morgan fingerprint density at radius 1 is 1.56 bits per heavy atom. The van der Waals surface area contributed by atoms with Gasteiger partial charge in [0.2, 0.25) is 0 Å². The van der Waals surface area contributed by atoms with Crippen molar-refractivity contribution in [2.45, 2.75) is 32.1 Å². The number of hydrogen-bond donors (Lipinski definition) is 0. The molecule has 16 heavy (non-hydrogen) atoms. The molecule has 0 fully saturated rings. The standard InChI is InChI=1S/C14H18O2/c1-3-10(9-15)13-6-4-11-8-12(16-2)5-7-14(11)13/h5,7-10,13H,3-4,6H2,1-2H3/t10-,13+/m0/s1. The number of hydrogen-bond acceptors (Lipinski definition) is 2. The maximum absolute atomic E-state index is 11.0. The van der Waals surface area contributed by atoms with E-state index in [0.717, 1.165) is 31.3 Å². The molecule has 0 unspecified atom stereocenters. The monoisotopic (exact) mass is 218 g/mol. The molecule has 0 aromatic heterocycles. The van der Waals surface area contributed by atoms with Gasteiger partial charge in [-0.15, -0.1) is 0 Å². The summed E-state index contributed by atoms with van der Waals surface area (Å²) in [5.74, 6) is 1.51. The van der Waals surface area contributed by atoms with Gasteiger partial charge in [0, 0.05) is 5.92 Å². The van der Waals surface area contributed by atoms with Gasteiger partial charge in [0.05, 0.1) is 7.11 Å². The zero-order valence-electron chi connectivity index (χ0n) is 9.90. The molecule has 2 atom stereocenters. The molecule has 1 aromatic carbocycles. The predicted octanol–water partition coefficient (Wildman–Crippen LogP) is 2.95. The maximum atomic E-state index is 11.0. The summed E-state index contributed by atoms with van der Waals surface area (Å²) in [6, 6.07) is 6.22. The first-order valence-electron chi connectivity index (χ1n) is 5.92. The lowest BCUT2D eigenvalue weighted by atomic mass is 9.86. The van der Waals surface area contributed by atoms with Crippen LogP contribution in [0.5, 0.6) is 5.75 Å². The van der Waals surface area contributed by atoms with E-state index < -0.39 is 0 Å². The maximum Gasteiger partial charge on any atom is 0.123 e. The van der Waals surface area contributed by atoms with Crippen LogP contribution in [0, 0.1) is 5.92 Å². The van der Waals surface area contributed by atoms with Crippen LogP contribution in [0.15, 0.2) is 18.2 Å². The van der Waals surface area contributed by atoms with Crippen molar-refractivity contribution < 1.29 is 9.53 Å². The van der Waals surface area contributed by atoms with E-state index in [1.54, 1.807) is 7.11 Å². The van der Waals surface area contributed by atoms with E-state index in [1.165, 1.54) is 11.1 Å². The Bertz CT molecular complexity index is 384. The molecule has 0 aliphatic heterocycles. The lowest BCUT2D eigenvalue weighted by molar-refractivity contribution is -0.111. The van der Waals surface area contributed by atoms with Crippen molar-refractivity contribution in [2.24, 2.45) is 5.92 Å². The zero-order chi connectivity index (χ0) is 11.5. The highest BCUT2D eigenvalue weighted by molar-refractivity contribution is 5.57. The van der Waals surface area contributed by atoms with Crippen LogP contribution in [0.1, 0.15) is 36.8 Å². The molecule has 0 saturated carbocycles. The van der Waals surface area contributed by atoms with E-state index in [-0.39, 0.29) is 5.92 Å². The smallest absolute Gasteiger partial charge is 0.123 e. The summed E-state index contributed by atoms with van der Waals surface area (Å²) in [5.41, 5.74) is 2.70. The van der Waals surface area contributed by atoms with Gasteiger partial charge in [-0.3, -0.25) is 0 Å². The minimum Gasteiger partial charge on any atom is -0.497 e. The van der Waals surface area contributed by atoms with Gasteiger partial charge in [-0.25, -0.2) is 0 Å². The van der Waals surface area contributed by atoms with Crippen molar-refractivity contribution in [2.75, 3.05) is 7.11 Å². The lowest BCUT2D eigenvalue weighted by Crippen LogP contribution is -2.10. The molecule has 2 rings (SSSR count).